The van der Waals surface area contributed by atoms with Crippen LogP contribution in [0.4, 0.5) is 0 Å². The third-order valence-electron chi connectivity index (χ3n) is 2.85. The topological polar surface area (TPSA) is 36.0 Å². The van der Waals surface area contributed by atoms with Crippen molar-refractivity contribution in [1.29, 1.82) is 0 Å². The van der Waals surface area contributed by atoms with Crippen molar-refractivity contribution in [3.8, 4) is 0 Å². The van der Waals surface area contributed by atoms with E-state index in [1.54, 1.807) is 0 Å². The van der Waals surface area contributed by atoms with Gasteiger partial charge in [0, 0.05) is 28.2 Å². The molecule has 1 atom stereocenters. The summed E-state index contributed by atoms with van der Waals surface area (Å²) in [5, 5.41) is 11.2. The lowest BCUT2D eigenvalue weighted by Gasteiger charge is -2.08. The van der Waals surface area contributed by atoms with Crippen LogP contribution < -0.4 is 0 Å². The van der Waals surface area contributed by atoms with Crippen molar-refractivity contribution < 1.29 is 5.11 Å². The molecule has 0 aliphatic rings. The summed E-state index contributed by atoms with van der Waals surface area (Å²) in [5.74, 6) is 0. The number of fused-ring (bicyclic) bond motifs is 1. The van der Waals surface area contributed by atoms with Crippen LogP contribution in [0.3, 0.4) is 0 Å². The van der Waals surface area contributed by atoms with Crippen molar-refractivity contribution in [1.82, 2.24) is 4.98 Å². The lowest BCUT2D eigenvalue weighted by molar-refractivity contribution is 0.217. The van der Waals surface area contributed by atoms with Crippen molar-refractivity contribution in [3.05, 3.63) is 53.4 Å². The third kappa shape index (κ3) is 1.69. The first-order chi connectivity index (χ1) is 7.63. The van der Waals surface area contributed by atoms with Gasteiger partial charge in [-0.25, -0.2) is 0 Å². The minimum Gasteiger partial charge on any atom is -0.383 e. The highest BCUT2D eigenvalue weighted by atomic mass is 16.3. The summed E-state index contributed by atoms with van der Waals surface area (Å²) < 4.78 is 0. The fourth-order valence-corrected chi connectivity index (χ4v) is 1.81. The highest BCUT2D eigenvalue weighted by Crippen LogP contribution is 2.28. The maximum Gasteiger partial charge on any atom is 0.109 e. The molecule has 2 rings (SSSR count). The van der Waals surface area contributed by atoms with Gasteiger partial charge in [0.2, 0.25) is 0 Å². The van der Waals surface area contributed by atoms with Gasteiger partial charge in [-0.3, -0.25) is 0 Å². The van der Waals surface area contributed by atoms with Crippen LogP contribution in [0.5, 0.6) is 0 Å². The highest BCUT2D eigenvalue weighted by molar-refractivity contribution is 5.84. The fourth-order valence-electron chi connectivity index (χ4n) is 1.81. The molecule has 1 unspecified atom stereocenters. The van der Waals surface area contributed by atoms with E-state index in [1.807, 2.05) is 32.2 Å². The number of aliphatic hydroxyl groups excluding tert-OH is 1. The molecule has 1 aromatic carbocycles. The smallest absolute Gasteiger partial charge is 0.109 e. The Morgan fingerprint density at radius 3 is 2.94 bits per heavy atom. The van der Waals surface area contributed by atoms with Crippen molar-refractivity contribution in [3.63, 3.8) is 0 Å². The summed E-state index contributed by atoms with van der Waals surface area (Å²) in [7, 11) is 0. The number of benzene rings is 1. The summed E-state index contributed by atoms with van der Waals surface area (Å²) in [6, 6.07) is 6.14. The molecule has 0 aliphatic carbocycles. The molecule has 0 bridgehead atoms. The average molecular weight is 213 g/mol. The molecule has 2 heteroatoms. The van der Waals surface area contributed by atoms with Crippen molar-refractivity contribution in [2.45, 2.75) is 20.0 Å². The molecule has 0 amide bonds. The van der Waals surface area contributed by atoms with Crippen molar-refractivity contribution >= 4 is 10.9 Å². The molecule has 16 heavy (non-hydrogen) atoms. The third-order valence-corrected chi connectivity index (χ3v) is 2.85. The minimum absolute atomic E-state index is 0.631. The van der Waals surface area contributed by atoms with Crippen LogP contribution in [-0.2, 0) is 0 Å². The second-order valence-electron chi connectivity index (χ2n) is 4.06. The first kappa shape index (κ1) is 10.7. The normalized spacial score (nSPS) is 12.4. The number of hydrogen-bond acceptors (Lipinski definition) is 1. The summed E-state index contributed by atoms with van der Waals surface area (Å²) in [4.78, 5) is 3.15. The predicted octanol–water partition coefficient (Wildman–Crippen LogP) is 3.24. The van der Waals surface area contributed by atoms with E-state index in [1.165, 1.54) is 5.56 Å². The van der Waals surface area contributed by atoms with Crippen LogP contribution in [0.25, 0.3) is 10.9 Å². The van der Waals surface area contributed by atoms with Gasteiger partial charge in [-0.05, 0) is 26.0 Å². The Balaban J connectivity index is 2.61. The first-order valence-electron chi connectivity index (χ1n) is 5.25. The zero-order chi connectivity index (χ0) is 11.7. The SMILES string of the molecule is C=C=C(C)C(O)c1c[nH]c2ccc(C)cc12. The number of hydrogen-bond donors (Lipinski definition) is 2. The van der Waals surface area contributed by atoms with Gasteiger partial charge in [-0.15, -0.1) is 5.73 Å². The Labute approximate surface area is 94.9 Å². The lowest BCUT2D eigenvalue weighted by Crippen LogP contribution is -1.96. The molecule has 0 radical (unpaired) electrons. The summed E-state index contributed by atoms with van der Waals surface area (Å²) >= 11 is 0. The van der Waals surface area contributed by atoms with Crippen LogP contribution in [0.1, 0.15) is 24.2 Å². The molecule has 2 N–H and O–H groups in total. The van der Waals surface area contributed by atoms with Gasteiger partial charge in [0.25, 0.3) is 0 Å². The quantitative estimate of drug-likeness (QED) is 0.738. The maximum atomic E-state index is 10.1. The average Bonchev–Trinajstić information content (AvgIpc) is 2.69. The molecule has 0 aliphatic heterocycles. The van der Waals surface area contributed by atoms with Crippen LogP contribution in [0, 0.1) is 6.92 Å². The number of aliphatic hydroxyl groups is 1. The maximum absolute atomic E-state index is 10.1. The van der Waals surface area contributed by atoms with Crippen LogP contribution in [-0.4, -0.2) is 10.1 Å². The molecule has 82 valence electrons. The van der Waals surface area contributed by atoms with E-state index in [4.69, 9.17) is 0 Å². The molecule has 1 aromatic heterocycles. The zero-order valence-electron chi connectivity index (χ0n) is 9.54. The van der Waals surface area contributed by atoms with Gasteiger partial charge >= 0.3 is 0 Å². The van der Waals surface area contributed by atoms with Gasteiger partial charge in [0.15, 0.2) is 0 Å². The Kier molecular flexibility index (Phi) is 2.69. The van der Waals surface area contributed by atoms with Gasteiger partial charge in [-0.1, -0.05) is 18.2 Å². The molecule has 0 saturated carbocycles. The van der Waals surface area contributed by atoms with Crippen LogP contribution in [0.15, 0.2) is 42.3 Å². The van der Waals surface area contributed by atoms with Crippen LogP contribution >= 0.6 is 0 Å². The van der Waals surface area contributed by atoms with E-state index < -0.39 is 6.10 Å². The Morgan fingerprint density at radius 2 is 2.25 bits per heavy atom. The zero-order valence-corrected chi connectivity index (χ0v) is 9.54. The number of aromatic nitrogens is 1. The summed E-state index contributed by atoms with van der Waals surface area (Å²) in [6.45, 7) is 7.42. The molecular formula is C14H15NO. The number of aryl methyl sites for hydroxylation is 1. The molecule has 2 aromatic rings. The highest BCUT2D eigenvalue weighted by Gasteiger charge is 2.14. The Hall–Kier alpha value is -1.76. The number of nitrogens with one attached hydrogen (secondary N) is 1. The van der Waals surface area contributed by atoms with Gasteiger partial charge in [-0.2, -0.15) is 0 Å². The molecule has 1 heterocycles. The first-order valence-corrected chi connectivity index (χ1v) is 5.25. The van der Waals surface area contributed by atoms with Crippen molar-refractivity contribution in [2.24, 2.45) is 0 Å². The molecule has 0 spiro atoms. The van der Waals surface area contributed by atoms with Gasteiger partial charge in [0.05, 0.1) is 0 Å². The molecule has 0 fully saturated rings. The number of H-pyrrole nitrogens is 1. The lowest BCUT2D eigenvalue weighted by atomic mass is 10.0. The minimum atomic E-state index is -0.631. The second-order valence-corrected chi connectivity index (χ2v) is 4.06. The number of rotatable bonds is 2. The van der Waals surface area contributed by atoms with E-state index in [0.29, 0.717) is 0 Å². The molecule has 0 saturated heterocycles. The fraction of sp³-hybridized carbons (Fsp3) is 0.214. The molecular weight excluding hydrogens is 198 g/mol. The second kappa shape index (κ2) is 4.01. The van der Waals surface area contributed by atoms with E-state index in [-0.39, 0.29) is 0 Å². The Morgan fingerprint density at radius 1 is 1.50 bits per heavy atom. The largest absolute Gasteiger partial charge is 0.383 e. The van der Waals surface area contributed by atoms with Crippen molar-refractivity contribution in [2.75, 3.05) is 0 Å². The van der Waals surface area contributed by atoms with E-state index >= 15 is 0 Å². The molecule has 2 nitrogen and oxygen atoms in total. The number of aromatic amines is 1. The van der Waals surface area contributed by atoms with E-state index in [2.05, 4.69) is 23.4 Å². The van der Waals surface area contributed by atoms with E-state index in [0.717, 1.165) is 22.0 Å². The van der Waals surface area contributed by atoms with Gasteiger partial charge in [0.1, 0.15) is 6.10 Å². The van der Waals surface area contributed by atoms with Gasteiger partial charge < -0.3 is 10.1 Å². The summed E-state index contributed by atoms with van der Waals surface area (Å²) in [5.41, 5.74) is 6.57. The van der Waals surface area contributed by atoms with E-state index in [9.17, 15) is 5.11 Å². The van der Waals surface area contributed by atoms with Crippen LogP contribution in [0.2, 0.25) is 0 Å². The monoisotopic (exact) mass is 213 g/mol. The summed E-state index contributed by atoms with van der Waals surface area (Å²) in [6.07, 6.45) is 1.21. The standard InChI is InChI=1S/C14H15NO/c1-4-10(3)14(16)12-8-15-13-6-5-9(2)7-11(12)13/h5-8,14-16H,1H2,2-3H3. The Bertz CT molecular complexity index is 573. The predicted molar refractivity (Wildman–Crippen MR) is 66.3 cm³/mol.